The fraction of sp³-hybridized carbons (Fsp3) is 0.421. The van der Waals surface area contributed by atoms with Gasteiger partial charge < -0.3 is 25.1 Å². The minimum atomic E-state index is -1.09. The third kappa shape index (κ3) is 5.07. The number of benzene rings is 1. The van der Waals surface area contributed by atoms with Crippen LogP contribution in [-0.2, 0) is 37.3 Å². The number of nitrogens with one attached hydrogen (secondary N) is 1. The second-order valence-electron chi connectivity index (χ2n) is 6.19. The zero-order valence-electron chi connectivity index (χ0n) is 15.7. The van der Waals surface area contributed by atoms with Crippen LogP contribution in [0.3, 0.4) is 0 Å². The van der Waals surface area contributed by atoms with E-state index in [4.69, 9.17) is 10.5 Å². The first kappa shape index (κ1) is 20.4. The molecule has 1 heterocycles. The third-order valence-corrected chi connectivity index (χ3v) is 4.22. The van der Waals surface area contributed by atoms with Gasteiger partial charge in [0, 0.05) is 30.6 Å². The van der Waals surface area contributed by atoms with Crippen LogP contribution in [0.25, 0.3) is 10.9 Å². The summed E-state index contributed by atoms with van der Waals surface area (Å²) in [7, 11) is 3.11. The molecule has 8 nitrogen and oxygen atoms in total. The number of carbonyl (C=O) groups is 3. The maximum Gasteiger partial charge on any atom is 0.328 e. The largest absolute Gasteiger partial charge is 0.468 e. The van der Waals surface area contributed by atoms with Crippen molar-refractivity contribution in [1.29, 1.82) is 0 Å². The normalized spacial score (nSPS) is 13.0. The second kappa shape index (κ2) is 9.18. The molecule has 1 aromatic heterocycles. The average molecular weight is 375 g/mol. The van der Waals surface area contributed by atoms with Gasteiger partial charge in [-0.1, -0.05) is 18.2 Å². The van der Waals surface area contributed by atoms with Crippen molar-refractivity contribution in [3.05, 3.63) is 36.0 Å². The van der Waals surface area contributed by atoms with Crippen molar-refractivity contribution in [3.8, 4) is 0 Å². The van der Waals surface area contributed by atoms with E-state index in [9.17, 15) is 14.4 Å². The molecule has 0 fully saturated rings. The van der Waals surface area contributed by atoms with Crippen LogP contribution in [-0.4, -0.2) is 48.2 Å². The Morgan fingerprint density at radius 1 is 1.22 bits per heavy atom. The summed E-state index contributed by atoms with van der Waals surface area (Å²) in [6.07, 6.45) is 1.90. The molecule has 2 rings (SSSR count). The lowest BCUT2D eigenvalue weighted by Crippen LogP contribution is -2.46. The van der Waals surface area contributed by atoms with E-state index in [1.165, 1.54) is 7.11 Å². The van der Waals surface area contributed by atoms with Gasteiger partial charge >= 0.3 is 11.9 Å². The second-order valence-corrected chi connectivity index (χ2v) is 6.19. The molecule has 0 aliphatic heterocycles. The molecule has 27 heavy (non-hydrogen) atoms. The van der Waals surface area contributed by atoms with E-state index in [0.29, 0.717) is 0 Å². The lowest BCUT2D eigenvalue weighted by atomic mass is 10.0. The lowest BCUT2D eigenvalue weighted by Gasteiger charge is -2.18. The van der Waals surface area contributed by atoms with Crippen molar-refractivity contribution in [3.63, 3.8) is 0 Å². The summed E-state index contributed by atoms with van der Waals surface area (Å²) < 4.78 is 11.6. The van der Waals surface area contributed by atoms with Crippen LogP contribution >= 0.6 is 0 Å². The Morgan fingerprint density at radius 3 is 2.59 bits per heavy atom. The molecule has 8 heteroatoms. The van der Waals surface area contributed by atoms with Gasteiger partial charge in [0.1, 0.15) is 12.1 Å². The Hall–Kier alpha value is -2.87. The highest BCUT2D eigenvalue weighted by Gasteiger charge is 2.26. The van der Waals surface area contributed by atoms with Crippen molar-refractivity contribution in [1.82, 2.24) is 9.88 Å². The SMILES string of the molecule is CCOC(=O)[C@@H](Cc1cn(C)c2ccccc12)NC(=O)C[C@H](N)C(=O)OC. The molecule has 0 spiro atoms. The van der Waals surface area contributed by atoms with Crippen LogP contribution in [0.15, 0.2) is 30.5 Å². The number of rotatable bonds is 8. The smallest absolute Gasteiger partial charge is 0.328 e. The Kier molecular flexibility index (Phi) is 6.95. The van der Waals surface area contributed by atoms with Gasteiger partial charge in [-0.15, -0.1) is 0 Å². The summed E-state index contributed by atoms with van der Waals surface area (Å²) in [6, 6.07) is 5.82. The molecule has 0 saturated heterocycles. The number of esters is 2. The van der Waals surface area contributed by atoms with E-state index >= 15 is 0 Å². The first-order valence-corrected chi connectivity index (χ1v) is 8.69. The number of carbonyl (C=O) groups excluding carboxylic acids is 3. The summed E-state index contributed by atoms with van der Waals surface area (Å²) in [5, 5.41) is 3.62. The Balaban J connectivity index is 2.18. The number of amides is 1. The highest BCUT2D eigenvalue weighted by molar-refractivity contribution is 5.89. The Morgan fingerprint density at radius 2 is 1.93 bits per heavy atom. The van der Waals surface area contributed by atoms with E-state index in [-0.39, 0.29) is 19.4 Å². The number of para-hydroxylation sites is 1. The molecule has 2 atom stereocenters. The summed E-state index contributed by atoms with van der Waals surface area (Å²) in [5.41, 5.74) is 7.54. The number of hydrogen-bond donors (Lipinski definition) is 2. The number of nitrogens with two attached hydrogens (primary N) is 1. The third-order valence-electron chi connectivity index (χ3n) is 4.22. The molecule has 0 unspecified atom stereocenters. The maximum atomic E-state index is 12.3. The minimum Gasteiger partial charge on any atom is -0.468 e. The predicted octanol–water partition coefficient (Wildman–Crippen LogP) is 0.659. The first-order chi connectivity index (χ1) is 12.9. The van der Waals surface area contributed by atoms with E-state index in [1.54, 1.807) is 6.92 Å². The minimum absolute atomic E-state index is 0.197. The number of aromatic nitrogens is 1. The van der Waals surface area contributed by atoms with Gasteiger partial charge in [-0.25, -0.2) is 4.79 Å². The molecule has 2 aromatic rings. The molecule has 3 N–H and O–H groups in total. The molecule has 0 radical (unpaired) electrons. The van der Waals surface area contributed by atoms with Crippen LogP contribution < -0.4 is 11.1 Å². The summed E-state index contributed by atoms with van der Waals surface area (Å²) in [5.74, 6) is -1.75. The van der Waals surface area contributed by atoms with Crippen LogP contribution in [0.1, 0.15) is 18.9 Å². The molecule has 1 amide bonds. The van der Waals surface area contributed by atoms with Gasteiger partial charge in [0.25, 0.3) is 0 Å². The predicted molar refractivity (Wildman–Crippen MR) is 99.8 cm³/mol. The van der Waals surface area contributed by atoms with Gasteiger partial charge in [-0.2, -0.15) is 0 Å². The highest BCUT2D eigenvalue weighted by atomic mass is 16.5. The average Bonchev–Trinajstić information content (AvgIpc) is 2.96. The van der Waals surface area contributed by atoms with Crippen LogP contribution in [0.4, 0.5) is 0 Å². The summed E-state index contributed by atoms with van der Waals surface area (Å²) in [6.45, 7) is 1.89. The van der Waals surface area contributed by atoms with E-state index < -0.39 is 29.9 Å². The molecule has 0 aliphatic carbocycles. The number of aryl methyl sites for hydroxylation is 1. The number of nitrogens with zero attached hydrogens (tertiary/aromatic N) is 1. The van der Waals surface area contributed by atoms with Crippen molar-refractivity contribution in [2.75, 3.05) is 13.7 Å². The molecular formula is C19H25N3O5. The standard InChI is InChI=1S/C19H25N3O5/c1-4-27-19(25)15(21-17(23)10-14(20)18(24)26-3)9-12-11-22(2)16-8-6-5-7-13(12)16/h5-8,11,14-15H,4,9-10,20H2,1-3H3,(H,21,23)/t14-,15+/m0/s1. The van der Waals surface area contributed by atoms with Crippen LogP contribution in [0, 0.1) is 0 Å². The fourth-order valence-electron chi connectivity index (χ4n) is 2.93. The number of hydrogen-bond acceptors (Lipinski definition) is 6. The lowest BCUT2D eigenvalue weighted by molar-refractivity contribution is -0.147. The zero-order valence-corrected chi connectivity index (χ0v) is 15.7. The maximum absolute atomic E-state index is 12.3. The van der Waals surface area contributed by atoms with Gasteiger partial charge in [0.15, 0.2) is 0 Å². The van der Waals surface area contributed by atoms with E-state index in [0.717, 1.165) is 16.5 Å². The Bertz CT molecular complexity index is 830. The van der Waals surface area contributed by atoms with Gasteiger partial charge in [-0.3, -0.25) is 9.59 Å². The zero-order chi connectivity index (χ0) is 20.0. The van der Waals surface area contributed by atoms with Gasteiger partial charge in [-0.05, 0) is 18.6 Å². The Labute approximate surface area is 157 Å². The highest BCUT2D eigenvalue weighted by Crippen LogP contribution is 2.21. The van der Waals surface area contributed by atoms with Gasteiger partial charge in [0.2, 0.25) is 5.91 Å². The van der Waals surface area contributed by atoms with Crippen LogP contribution in [0.2, 0.25) is 0 Å². The van der Waals surface area contributed by atoms with Crippen molar-refractivity contribution >= 4 is 28.7 Å². The molecule has 1 aromatic carbocycles. The topological polar surface area (TPSA) is 113 Å². The summed E-state index contributed by atoms with van der Waals surface area (Å²) in [4.78, 5) is 36.0. The van der Waals surface area contributed by atoms with Crippen molar-refractivity contribution < 1.29 is 23.9 Å². The molecule has 0 aliphatic rings. The molecule has 0 saturated carbocycles. The first-order valence-electron chi connectivity index (χ1n) is 8.69. The van der Waals surface area contributed by atoms with E-state index in [1.807, 2.05) is 42.1 Å². The quantitative estimate of drug-likeness (QED) is 0.656. The number of ether oxygens (including phenoxy) is 2. The monoisotopic (exact) mass is 375 g/mol. The van der Waals surface area contributed by atoms with Gasteiger partial charge in [0.05, 0.1) is 20.1 Å². The summed E-state index contributed by atoms with van der Waals surface area (Å²) >= 11 is 0. The fourth-order valence-corrected chi connectivity index (χ4v) is 2.93. The van der Waals surface area contributed by atoms with Crippen molar-refractivity contribution in [2.45, 2.75) is 31.8 Å². The molecular weight excluding hydrogens is 350 g/mol. The molecule has 0 bridgehead atoms. The van der Waals surface area contributed by atoms with Crippen LogP contribution in [0.5, 0.6) is 0 Å². The molecule has 146 valence electrons. The number of methoxy groups -OCH3 is 1. The number of fused-ring (bicyclic) bond motifs is 1. The van der Waals surface area contributed by atoms with Crippen molar-refractivity contribution in [2.24, 2.45) is 12.8 Å². The van der Waals surface area contributed by atoms with E-state index in [2.05, 4.69) is 10.1 Å².